The average molecular weight is 247 g/mol. The molecular formula is C15H25N3. The molecule has 0 saturated carbocycles. The lowest BCUT2D eigenvalue weighted by atomic mass is 10.1. The van der Waals surface area contributed by atoms with Crippen LogP contribution in [-0.4, -0.2) is 18.4 Å². The fraction of sp³-hybridized carbons (Fsp3) is 0.533. The van der Waals surface area contributed by atoms with Crippen molar-refractivity contribution < 1.29 is 0 Å². The van der Waals surface area contributed by atoms with Crippen LogP contribution in [0.25, 0.3) is 0 Å². The summed E-state index contributed by atoms with van der Waals surface area (Å²) in [4.78, 5) is 2.40. The first-order valence-corrected chi connectivity index (χ1v) is 6.77. The van der Waals surface area contributed by atoms with Gasteiger partial charge in [0.1, 0.15) is 5.84 Å². The van der Waals surface area contributed by atoms with Gasteiger partial charge >= 0.3 is 0 Å². The van der Waals surface area contributed by atoms with Gasteiger partial charge in [0.05, 0.1) is 0 Å². The fourth-order valence-electron chi connectivity index (χ4n) is 2.05. The zero-order valence-corrected chi connectivity index (χ0v) is 11.7. The first kappa shape index (κ1) is 14.6. The van der Waals surface area contributed by atoms with Crippen LogP contribution in [0.5, 0.6) is 0 Å². The van der Waals surface area contributed by atoms with Crippen LogP contribution in [0, 0.1) is 5.41 Å². The molecule has 3 heteroatoms. The van der Waals surface area contributed by atoms with Crippen LogP contribution in [-0.2, 0) is 0 Å². The van der Waals surface area contributed by atoms with E-state index in [0.717, 1.165) is 12.1 Å². The van der Waals surface area contributed by atoms with Gasteiger partial charge in [0, 0.05) is 23.8 Å². The van der Waals surface area contributed by atoms with E-state index in [4.69, 9.17) is 11.1 Å². The highest BCUT2D eigenvalue weighted by atomic mass is 15.1. The number of nitrogens with zero attached hydrogens (tertiary/aromatic N) is 1. The van der Waals surface area contributed by atoms with E-state index in [-0.39, 0.29) is 5.84 Å². The Hall–Kier alpha value is -1.51. The molecule has 3 nitrogen and oxygen atoms in total. The Bertz CT molecular complexity index is 368. The highest BCUT2D eigenvalue weighted by molar-refractivity contribution is 5.95. The minimum atomic E-state index is 0.128. The van der Waals surface area contributed by atoms with Crippen molar-refractivity contribution in [3.05, 3.63) is 29.8 Å². The van der Waals surface area contributed by atoms with Crippen LogP contribution in [0.4, 0.5) is 5.69 Å². The molecule has 1 aromatic carbocycles. The minimum Gasteiger partial charge on any atom is -0.384 e. The average Bonchev–Trinajstić information content (AvgIpc) is 2.34. The van der Waals surface area contributed by atoms with Gasteiger partial charge in [-0.2, -0.15) is 0 Å². The number of benzene rings is 1. The van der Waals surface area contributed by atoms with Crippen LogP contribution in [0.1, 0.15) is 45.6 Å². The second-order valence-electron chi connectivity index (χ2n) is 4.95. The quantitative estimate of drug-likeness (QED) is 0.441. The smallest absolute Gasteiger partial charge is 0.122 e. The standard InChI is InChI=1S/C15H25N3/c1-4-5-6-11-18(12(2)3)14-9-7-13(8-10-14)15(16)17/h7-10,12H,4-6,11H2,1-3H3,(H3,16,17). The number of anilines is 1. The van der Waals surface area contributed by atoms with Crippen molar-refractivity contribution in [2.24, 2.45) is 5.73 Å². The summed E-state index contributed by atoms with van der Waals surface area (Å²) in [5.74, 6) is 0.128. The third-order valence-electron chi connectivity index (χ3n) is 3.14. The summed E-state index contributed by atoms with van der Waals surface area (Å²) in [6.45, 7) is 7.74. The van der Waals surface area contributed by atoms with Crippen molar-refractivity contribution in [1.82, 2.24) is 0 Å². The van der Waals surface area contributed by atoms with Gasteiger partial charge in [0.25, 0.3) is 0 Å². The van der Waals surface area contributed by atoms with Crippen molar-refractivity contribution in [3.63, 3.8) is 0 Å². The maximum absolute atomic E-state index is 7.40. The predicted octanol–water partition coefficient (Wildman–Crippen LogP) is 3.38. The Kier molecular flexibility index (Phi) is 5.69. The molecule has 0 saturated heterocycles. The Morgan fingerprint density at radius 3 is 2.28 bits per heavy atom. The van der Waals surface area contributed by atoms with E-state index in [2.05, 4.69) is 37.8 Å². The summed E-state index contributed by atoms with van der Waals surface area (Å²) in [6, 6.07) is 8.45. The topological polar surface area (TPSA) is 53.1 Å². The van der Waals surface area contributed by atoms with E-state index in [0.29, 0.717) is 6.04 Å². The molecule has 0 aliphatic heterocycles. The Labute approximate surface area is 111 Å². The summed E-state index contributed by atoms with van der Waals surface area (Å²) in [6.07, 6.45) is 3.74. The lowest BCUT2D eigenvalue weighted by Crippen LogP contribution is -2.31. The molecule has 0 unspecified atom stereocenters. The summed E-state index contributed by atoms with van der Waals surface area (Å²) >= 11 is 0. The summed E-state index contributed by atoms with van der Waals surface area (Å²) in [7, 11) is 0. The van der Waals surface area contributed by atoms with Crippen LogP contribution in [0.2, 0.25) is 0 Å². The summed E-state index contributed by atoms with van der Waals surface area (Å²) < 4.78 is 0. The number of rotatable bonds is 7. The van der Waals surface area contributed by atoms with E-state index < -0.39 is 0 Å². The van der Waals surface area contributed by atoms with Gasteiger partial charge < -0.3 is 10.6 Å². The molecular weight excluding hydrogens is 222 g/mol. The van der Waals surface area contributed by atoms with Crippen LogP contribution < -0.4 is 10.6 Å². The van der Waals surface area contributed by atoms with Crippen LogP contribution in [0.15, 0.2) is 24.3 Å². The molecule has 100 valence electrons. The number of nitrogen functional groups attached to an aromatic ring is 1. The van der Waals surface area contributed by atoms with Crippen LogP contribution in [0.3, 0.4) is 0 Å². The molecule has 0 spiro atoms. The van der Waals surface area contributed by atoms with E-state index in [1.54, 1.807) is 0 Å². The molecule has 0 fully saturated rings. The molecule has 1 rings (SSSR count). The molecule has 0 bridgehead atoms. The van der Waals surface area contributed by atoms with Crippen molar-refractivity contribution in [1.29, 1.82) is 5.41 Å². The first-order valence-electron chi connectivity index (χ1n) is 6.77. The van der Waals surface area contributed by atoms with Gasteiger partial charge in [-0.1, -0.05) is 19.8 Å². The number of amidine groups is 1. The Morgan fingerprint density at radius 2 is 1.83 bits per heavy atom. The second kappa shape index (κ2) is 7.04. The number of unbranched alkanes of at least 4 members (excludes halogenated alkanes) is 2. The number of nitrogens with two attached hydrogens (primary N) is 1. The van der Waals surface area contributed by atoms with Gasteiger partial charge in [-0.25, -0.2) is 0 Å². The largest absolute Gasteiger partial charge is 0.384 e. The third kappa shape index (κ3) is 4.06. The highest BCUT2D eigenvalue weighted by Crippen LogP contribution is 2.18. The van der Waals surface area contributed by atoms with Gasteiger partial charge in [0.2, 0.25) is 0 Å². The van der Waals surface area contributed by atoms with Crippen molar-refractivity contribution in [2.75, 3.05) is 11.4 Å². The number of nitrogens with one attached hydrogen (secondary N) is 1. The SMILES string of the molecule is CCCCCN(c1ccc(C(=N)N)cc1)C(C)C. The Morgan fingerprint density at radius 1 is 1.22 bits per heavy atom. The maximum Gasteiger partial charge on any atom is 0.122 e. The predicted molar refractivity (Wildman–Crippen MR) is 79.5 cm³/mol. The molecule has 0 aromatic heterocycles. The van der Waals surface area contributed by atoms with Crippen LogP contribution >= 0.6 is 0 Å². The molecule has 18 heavy (non-hydrogen) atoms. The Balaban J connectivity index is 2.75. The van der Waals surface area contributed by atoms with Crippen molar-refractivity contribution in [3.8, 4) is 0 Å². The van der Waals surface area contributed by atoms with Gasteiger partial charge in [-0.3, -0.25) is 5.41 Å². The monoisotopic (exact) mass is 247 g/mol. The molecule has 0 atom stereocenters. The number of hydrogen-bond acceptors (Lipinski definition) is 2. The molecule has 1 aromatic rings. The molecule has 0 amide bonds. The molecule has 3 N–H and O–H groups in total. The minimum absolute atomic E-state index is 0.128. The van der Waals surface area contributed by atoms with E-state index in [1.165, 1.54) is 24.9 Å². The molecule has 0 aliphatic rings. The van der Waals surface area contributed by atoms with Gasteiger partial charge in [-0.05, 0) is 44.5 Å². The van der Waals surface area contributed by atoms with Gasteiger partial charge in [-0.15, -0.1) is 0 Å². The van der Waals surface area contributed by atoms with Gasteiger partial charge in [0.15, 0.2) is 0 Å². The van der Waals surface area contributed by atoms with Crippen molar-refractivity contribution >= 4 is 11.5 Å². The lowest BCUT2D eigenvalue weighted by Gasteiger charge is -2.29. The third-order valence-corrected chi connectivity index (χ3v) is 3.14. The fourth-order valence-corrected chi connectivity index (χ4v) is 2.05. The zero-order valence-electron chi connectivity index (χ0n) is 11.7. The van der Waals surface area contributed by atoms with E-state index in [9.17, 15) is 0 Å². The first-order chi connectivity index (χ1) is 8.56. The summed E-state index contributed by atoms with van der Waals surface area (Å²) in [5.41, 5.74) is 7.47. The van der Waals surface area contributed by atoms with E-state index in [1.807, 2.05) is 12.1 Å². The molecule has 0 aliphatic carbocycles. The maximum atomic E-state index is 7.40. The normalized spacial score (nSPS) is 10.7. The summed E-state index contributed by atoms with van der Waals surface area (Å²) in [5, 5.41) is 7.40. The molecule has 0 radical (unpaired) electrons. The second-order valence-corrected chi connectivity index (χ2v) is 4.95. The zero-order chi connectivity index (χ0) is 13.5. The molecule has 0 heterocycles. The lowest BCUT2D eigenvalue weighted by molar-refractivity contribution is 0.626. The number of hydrogen-bond donors (Lipinski definition) is 2. The van der Waals surface area contributed by atoms with Crippen molar-refractivity contribution in [2.45, 2.75) is 46.1 Å². The van der Waals surface area contributed by atoms with E-state index >= 15 is 0 Å². The highest BCUT2D eigenvalue weighted by Gasteiger charge is 2.10.